The van der Waals surface area contributed by atoms with Gasteiger partial charge in [0.15, 0.2) is 0 Å². The van der Waals surface area contributed by atoms with Crippen molar-refractivity contribution in [3.8, 4) is 0 Å². The largest absolute Gasteiger partial charge is 0.416 e. The number of nitrogens with zero attached hydrogens (tertiary/aromatic N) is 1. The summed E-state index contributed by atoms with van der Waals surface area (Å²) in [5.41, 5.74) is -0.392. The van der Waals surface area contributed by atoms with E-state index >= 15 is 0 Å². The highest BCUT2D eigenvalue weighted by molar-refractivity contribution is 7.92. The first-order valence-electron chi connectivity index (χ1n) is 6.61. The second-order valence-corrected chi connectivity index (χ2v) is 6.90. The predicted octanol–water partition coefficient (Wildman–Crippen LogP) is 3.07. The summed E-state index contributed by atoms with van der Waals surface area (Å²) < 4.78 is 63.3. The molecule has 0 aromatic heterocycles. The zero-order chi connectivity index (χ0) is 15.7. The number of benzene rings is 1. The van der Waals surface area contributed by atoms with Gasteiger partial charge in [-0.3, -0.25) is 4.72 Å². The molecule has 118 valence electrons. The zero-order valence-corrected chi connectivity index (χ0v) is 12.4. The van der Waals surface area contributed by atoms with E-state index in [-0.39, 0.29) is 5.69 Å². The van der Waals surface area contributed by atoms with Crippen molar-refractivity contribution in [2.75, 3.05) is 29.0 Å². The van der Waals surface area contributed by atoms with Crippen LogP contribution >= 0.6 is 0 Å². The molecular weight excluding hydrogens is 305 g/mol. The fourth-order valence-corrected chi connectivity index (χ4v) is 2.97. The van der Waals surface area contributed by atoms with Crippen molar-refractivity contribution in [1.82, 2.24) is 0 Å². The lowest BCUT2D eigenvalue weighted by Gasteiger charge is -2.31. The first kappa shape index (κ1) is 15.9. The monoisotopic (exact) mass is 322 g/mol. The van der Waals surface area contributed by atoms with Crippen LogP contribution in [0.4, 0.5) is 24.5 Å². The first-order valence-corrected chi connectivity index (χ1v) is 8.50. The minimum Gasteiger partial charge on any atom is -0.370 e. The van der Waals surface area contributed by atoms with Gasteiger partial charge in [-0.15, -0.1) is 0 Å². The number of halogens is 3. The molecule has 1 heterocycles. The van der Waals surface area contributed by atoms with Crippen molar-refractivity contribution in [2.45, 2.75) is 25.4 Å². The Balaban J connectivity index is 2.43. The smallest absolute Gasteiger partial charge is 0.370 e. The van der Waals surface area contributed by atoms with Gasteiger partial charge in [-0.05, 0) is 37.5 Å². The number of rotatable bonds is 3. The number of hydrogen-bond donors (Lipinski definition) is 1. The molecule has 1 fully saturated rings. The molecule has 0 bridgehead atoms. The lowest BCUT2D eigenvalue weighted by atomic mass is 10.1. The van der Waals surface area contributed by atoms with E-state index in [1.807, 2.05) is 4.90 Å². The number of alkyl halides is 3. The Kier molecular flexibility index (Phi) is 4.36. The van der Waals surface area contributed by atoms with Crippen LogP contribution < -0.4 is 9.62 Å². The van der Waals surface area contributed by atoms with Crippen LogP contribution in [-0.4, -0.2) is 27.8 Å². The van der Waals surface area contributed by atoms with Crippen LogP contribution in [0.5, 0.6) is 0 Å². The Morgan fingerprint density at radius 3 is 2.29 bits per heavy atom. The molecule has 21 heavy (non-hydrogen) atoms. The number of piperidine rings is 1. The van der Waals surface area contributed by atoms with Crippen LogP contribution in [0.15, 0.2) is 18.2 Å². The summed E-state index contributed by atoms with van der Waals surface area (Å²) in [6, 6.07) is 3.17. The molecule has 0 unspecified atom stereocenters. The first-order chi connectivity index (χ1) is 9.67. The van der Waals surface area contributed by atoms with Crippen LogP contribution in [0, 0.1) is 0 Å². The van der Waals surface area contributed by atoms with E-state index in [1.54, 1.807) is 0 Å². The number of sulfonamides is 1. The van der Waals surface area contributed by atoms with Gasteiger partial charge in [0, 0.05) is 13.1 Å². The second kappa shape index (κ2) is 5.75. The average Bonchev–Trinajstić information content (AvgIpc) is 2.36. The summed E-state index contributed by atoms with van der Waals surface area (Å²) >= 11 is 0. The minimum absolute atomic E-state index is 0.0192. The molecule has 1 aromatic carbocycles. The van der Waals surface area contributed by atoms with Crippen molar-refractivity contribution in [3.05, 3.63) is 23.8 Å². The molecule has 1 aliphatic rings. The van der Waals surface area contributed by atoms with Crippen molar-refractivity contribution in [1.29, 1.82) is 0 Å². The van der Waals surface area contributed by atoms with Gasteiger partial charge in [-0.2, -0.15) is 13.2 Å². The normalized spacial score (nSPS) is 16.9. The van der Waals surface area contributed by atoms with Crippen LogP contribution in [0.2, 0.25) is 0 Å². The highest BCUT2D eigenvalue weighted by Gasteiger charge is 2.32. The van der Waals surface area contributed by atoms with Gasteiger partial charge >= 0.3 is 6.18 Å². The van der Waals surface area contributed by atoms with Gasteiger partial charge in [0.25, 0.3) is 0 Å². The molecule has 1 saturated heterocycles. The molecule has 0 aliphatic carbocycles. The number of anilines is 2. The lowest BCUT2D eigenvalue weighted by molar-refractivity contribution is -0.137. The van der Waals surface area contributed by atoms with E-state index in [9.17, 15) is 21.6 Å². The molecule has 8 heteroatoms. The van der Waals surface area contributed by atoms with Crippen LogP contribution in [0.1, 0.15) is 24.8 Å². The van der Waals surface area contributed by atoms with Gasteiger partial charge in [0.1, 0.15) is 0 Å². The van der Waals surface area contributed by atoms with E-state index in [0.717, 1.165) is 37.7 Å². The Morgan fingerprint density at radius 1 is 1.14 bits per heavy atom. The van der Waals surface area contributed by atoms with Gasteiger partial charge in [0.05, 0.1) is 23.2 Å². The Hall–Kier alpha value is -1.44. The molecule has 4 nitrogen and oxygen atoms in total. The van der Waals surface area contributed by atoms with Gasteiger partial charge in [-0.25, -0.2) is 8.42 Å². The summed E-state index contributed by atoms with van der Waals surface area (Å²) in [5, 5.41) is 0. The maximum atomic E-state index is 12.8. The summed E-state index contributed by atoms with van der Waals surface area (Å²) in [7, 11) is -3.64. The second-order valence-electron chi connectivity index (χ2n) is 5.15. The summed E-state index contributed by atoms with van der Waals surface area (Å²) in [6.07, 6.45) is -0.619. The predicted molar refractivity (Wildman–Crippen MR) is 76.0 cm³/mol. The number of hydrogen-bond acceptors (Lipinski definition) is 3. The van der Waals surface area contributed by atoms with Gasteiger partial charge in [0.2, 0.25) is 10.0 Å². The Labute approximate surface area is 122 Å². The van der Waals surface area contributed by atoms with Gasteiger partial charge < -0.3 is 4.90 Å². The van der Waals surface area contributed by atoms with Crippen molar-refractivity contribution in [2.24, 2.45) is 0 Å². The van der Waals surface area contributed by atoms with Crippen LogP contribution in [0.25, 0.3) is 0 Å². The fraction of sp³-hybridized carbons (Fsp3) is 0.538. The molecule has 0 saturated carbocycles. The topological polar surface area (TPSA) is 49.4 Å². The molecular formula is C13H17F3N2O2S. The van der Waals surface area contributed by atoms with E-state index in [1.165, 1.54) is 6.07 Å². The lowest BCUT2D eigenvalue weighted by Crippen LogP contribution is -2.30. The SMILES string of the molecule is CS(=O)(=O)Nc1cc(C(F)(F)F)ccc1N1CCCCC1. The molecule has 2 rings (SSSR count). The van der Waals surface area contributed by atoms with Gasteiger partial charge in [-0.1, -0.05) is 0 Å². The standard InChI is InChI=1S/C13H17F3N2O2S/c1-21(19,20)17-11-9-10(13(14,15)16)5-6-12(11)18-7-3-2-4-8-18/h5-6,9,17H,2-4,7-8H2,1H3. The molecule has 1 aromatic rings. The highest BCUT2D eigenvalue weighted by atomic mass is 32.2. The van der Waals surface area contributed by atoms with E-state index in [2.05, 4.69) is 4.72 Å². The van der Waals surface area contributed by atoms with E-state index in [4.69, 9.17) is 0 Å². The number of nitrogens with one attached hydrogen (secondary N) is 1. The molecule has 0 atom stereocenters. The molecule has 1 aliphatic heterocycles. The maximum Gasteiger partial charge on any atom is 0.416 e. The third kappa shape index (κ3) is 4.26. The molecule has 0 spiro atoms. The molecule has 0 amide bonds. The quantitative estimate of drug-likeness (QED) is 0.930. The van der Waals surface area contributed by atoms with E-state index < -0.39 is 21.8 Å². The third-order valence-corrected chi connectivity index (χ3v) is 3.91. The highest BCUT2D eigenvalue weighted by Crippen LogP contribution is 2.36. The molecule has 0 radical (unpaired) electrons. The Morgan fingerprint density at radius 2 is 1.76 bits per heavy atom. The van der Waals surface area contributed by atoms with E-state index in [0.29, 0.717) is 18.8 Å². The third-order valence-electron chi connectivity index (χ3n) is 3.32. The van der Waals surface area contributed by atoms with Crippen molar-refractivity contribution in [3.63, 3.8) is 0 Å². The van der Waals surface area contributed by atoms with Crippen molar-refractivity contribution < 1.29 is 21.6 Å². The average molecular weight is 322 g/mol. The van der Waals surface area contributed by atoms with Crippen LogP contribution in [-0.2, 0) is 16.2 Å². The summed E-state index contributed by atoms with van der Waals surface area (Å²) in [5.74, 6) is 0. The summed E-state index contributed by atoms with van der Waals surface area (Å²) in [6.45, 7) is 1.42. The van der Waals surface area contributed by atoms with Crippen molar-refractivity contribution >= 4 is 21.4 Å². The molecule has 1 N–H and O–H groups in total. The zero-order valence-electron chi connectivity index (χ0n) is 11.6. The maximum absolute atomic E-state index is 12.8. The minimum atomic E-state index is -4.51. The summed E-state index contributed by atoms with van der Waals surface area (Å²) in [4.78, 5) is 1.91. The Bertz CT molecular complexity index is 608. The van der Waals surface area contributed by atoms with Crippen LogP contribution in [0.3, 0.4) is 0 Å². The fourth-order valence-electron chi connectivity index (χ4n) is 2.40.